The lowest BCUT2D eigenvalue weighted by atomic mass is 9.97. The van der Waals surface area contributed by atoms with Gasteiger partial charge in [-0.05, 0) is 31.4 Å². The Morgan fingerprint density at radius 3 is 2.65 bits per heavy atom. The van der Waals surface area contributed by atoms with Crippen LogP contribution < -0.4 is 0 Å². The van der Waals surface area contributed by atoms with Gasteiger partial charge in [-0.3, -0.25) is 4.68 Å². The van der Waals surface area contributed by atoms with Crippen molar-refractivity contribution in [3.8, 4) is 0 Å². The summed E-state index contributed by atoms with van der Waals surface area (Å²) in [5.74, 6) is 0. The van der Waals surface area contributed by atoms with Crippen molar-refractivity contribution in [2.24, 2.45) is 0 Å². The highest BCUT2D eigenvalue weighted by molar-refractivity contribution is 6.31. The highest BCUT2D eigenvalue weighted by atomic mass is 35.5. The van der Waals surface area contributed by atoms with Crippen LogP contribution in [0.4, 0.5) is 0 Å². The zero-order valence-electron chi connectivity index (χ0n) is 12.2. The van der Waals surface area contributed by atoms with Crippen molar-refractivity contribution < 1.29 is 5.11 Å². The number of hydrogen-bond donors (Lipinski definition) is 1. The minimum absolute atomic E-state index is 0.491. The van der Waals surface area contributed by atoms with Crippen molar-refractivity contribution in [2.75, 3.05) is 0 Å². The van der Waals surface area contributed by atoms with E-state index in [1.54, 1.807) is 0 Å². The molecule has 0 bridgehead atoms. The van der Waals surface area contributed by atoms with Gasteiger partial charge >= 0.3 is 0 Å². The first-order chi connectivity index (χ1) is 9.58. The quantitative estimate of drug-likeness (QED) is 0.912. The summed E-state index contributed by atoms with van der Waals surface area (Å²) >= 11 is 6.30. The third-order valence-electron chi connectivity index (χ3n) is 3.63. The van der Waals surface area contributed by atoms with Crippen molar-refractivity contribution in [2.45, 2.75) is 46.3 Å². The third-order valence-corrected chi connectivity index (χ3v) is 4.13. The summed E-state index contributed by atoms with van der Waals surface area (Å²) in [4.78, 5) is 0. The van der Waals surface area contributed by atoms with E-state index in [1.165, 1.54) is 5.56 Å². The standard InChI is InChI=1S/C16H21ClN2O/c1-4-12-8-6-7-9-13(12)15(20)10-14-16(17)11(3)18-19(14)5-2/h6-9,15,20H,4-5,10H2,1-3H3. The van der Waals surface area contributed by atoms with E-state index in [0.29, 0.717) is 11.4 Å². The monoisotopic (exact) mass is 292 g/mol. The first-order valence-electron chi connectivity index (χ1n) is 7.06. The summed E-state index contributed by atoms with van der Waals surface area (Å²) in [5, 5.41) is 15.6. The van der Waals surface area contributed by atoms with E-state index in [2.05, 4.69) is 18.1 Å². The number of aliphatic hydroxyl groups is 1. The molecule has 0 aliphatic rings. The molecule has 0 aliphatic heterocycles. The van der Waals surface area contributed by atoms with Crippen LogP contribution in [0.25, 0.3) is 0 Å². The molecule has 3 nitrogen and oxygen atoms in total. The molecular formula is C16H21ClN2O. The second-order valence-electron chi connectivity index (χ2n) is 4.93. The lowest BCUT2D eigenvalue weighted by Gasteiger charge is -2.15. The molecule has 108 valence electrons. The fraction of sp³-hybridized carbons (Fsp3) is 0.438. The summed E-state index contributed by atoms with van der Waals surface area (Å²) < 4.78 is 1.87. The van der Waals surface area contributed by atoms with E-state index in [-0.39, 0.29) is 0 Å². The van der Waals surface area contributed by atoms with Gasteiger partial charge in [-0.1, -0.05) is 42.8 Å². The highest BCUT2D eigenvalue weighted by Crippen LogP contribution is 2.27. The lowest BCUT2D eigenvalue weighted by molar-refractivity contribution is 0.174. The number of aryl methyl sites for hydroxylation is 3. The number of rotatable bonds is 5. The number of benzene rings is 1. The molecule has 1 atom stereocenters. The number of aliphatic hydroxyl groups excluding tert-OH is 1. The summed E-state index contributed by atoms with van der Waals surface area (Å²) in [6.07, 6.45) is 0.849. The predicted octanol–water partition coefficient (Wildman–Crippen LogP) is 3.70. The van der Waals surface area contributed by atoms with Gasteiger partial charge in [0, 0.05) is 13.0 Å². The maximum atomic E-state index is 10.5. The molecule has 2 rings (SSSR count). The Balaban J connectivity index is 2.30. The van der Waals surface area contributed by atoms with Crippen LogP contribution in [-0.4, -0.2) is 14.9 Å². The van der Waals surface area contributed by atoms with Crippen molar-refractivity contribution in [3.05, 3.63) is 51.8 Å². The molecule has 1 N–H and O–H groups in total. The Morgan fingerprint density at radius 1 is 1.30 bits per heavy atom. The Bertz CT molecular complexity index is 592. The van der Waals surface area contributed by atoms with Crippen LogP contribution in [0.1, 0.15) is 42.5 Å². The minimum atomic E-state index is -0.551. The van der Waals surface area contributed by atoms with Crippen molar-refractivity contribution >= 4 is 11.6 Å². The maximum Gasteiger partial charge on any atom is 0.0848 e. The molecule has 2 aromatic rings. The second-order valence-corrected chi connectivity index (χ2v) is 5.31. The minimum Gasteiger partial charge on any atom is -0.388 e. The van der Waals surface area contributed by atoms with Crippen LogP contribution in [0.3, 0.4) is 0 Å². The number of hydrogen-bond acceptors (Lipinski definition) is 2. The average Bonchev–Trinajstić information content (AvgIpc) is 2.74. The van der Waals surface area contributed by atoms with E-state index in [4.69, 9.17) is 11.6 Å². The van der Waals surface area contributed by atoms with Gasteiger partial charge in [0.15, 0.2) is 0 Å². The van der Waals surface area contributed by atoms with Gasteiger partial charge < -0.3 is 5.11 Å². The zero-order valence-corrected chi connectivity index (χ0v) is 13.0. The normalized spacial score (nSPS) is 12.7. The molecular weight excluding hydrogens is 272 g/mol. The Hall–Kier alpha value is -1.32. The van der Waals surface area contributed by atoms with Crippen LogP contribution in [0.5, 0.6) is 0 Å². The SMILES string of the molecule is CCc1ccccc1C(O)Cc1c(Cl)c(C)nn1CC. The lowest BCUT2D eigenvalue weighted by Crippen LogP contribution is -2.10. The molecule has 20 heavy (non-hydrogen) atoms. The fourth-order valence-electron chi connectivity index (χ4n) is 2.54. The molecule has 1 unspecified atom stereocenters. The van der Waals surface area contributed by atoms with Crippen LogP contribution in [0.15, 0.2) is 24.3 Å². The van der Waals surface area contributed by atoms with E-state index in [9.17, 15) is 5.11 Å². The molecule has 1 heterocycles. The van der Waals surface area contributed by atoms with Gasteiger partial charge in [0.2, 0.25) is 0 Å². The zero-order chi connectivity index (χ0) is 14.7. The van der Waals surface area contributed by atoms with Gasteiger partial charge in [-0.2, -0.15) is 5.10 Å². The molecule has 1 aromatic carbocycles. The topological polar surface area (TPSA) is 38.1 Å². The van der Waals surface area contributed by atoms with Gasteiger partial charge in [0.25, 0.3) is 0 Å². The van der Waals surface area contributed by atoms with Crippen LogP contribution >= 0.6 is 11.6 Å². The smallest absolute Gasteiger partial charge is 0.0848 e. The number of halogens is 1. The van der Waals surface area contributed by atoms with Crippen molar-refractivity contribution in [1.29, 1.82) is 0 Å². The molecule has 0 spiro atoms. The highest BCUT2D eigenvalue weighted by Gasteiger charge is 2.18. The second kappa shape index (κ2) is 6.42. The fourth-order valence-corrected chi connectivity index (χ4v) is 2.75. The average molecular weight is 293 g/mol. The molecule has 0 fully saturated rings. The van der Waals surface area contributed by atoms with Gasteiger partial charge in [0.05, 0.1) is 22.5 Å². The van der Waals surface area contributed by atoms with Crippen LogP contribution in [0, 0.1) is 6.92 Å². The van der Waals surface area contributed by atoms with E-state index in [0.717, 1.165) is 29.9 Å². The summed E-state index contributed by atoms with van der Waals surface area (Å²) in [5.41, 5.74) is 3.88. The van der Waals surface area contributed by atoms with Crippen molar-refractivity contribution in [1.82, 2.24) is 9.78 Å². The van der Waals surface area contributed by atoms with Crippen LogP contribution in [0.2, 0.25) is 5.02 Å². The van der Waals surface area contributed by atoms with Gasteiger partial charge in [-0.25, -0.2) is 0 Å². The number of aromatic nitrogens is 2. The largest absolute Gasteiger partial charge is 0.388 e. The summed E-state index contributed by atoms with van der Waals surface area (Å²) in [6.45, 7) is 6.77. The first-order valence-corrected chi connectivity index (χ1v) is 7.43. The Kier molecular flexibility index (Phi) is 4.84. The molecule has 0 amide bonds. The predicted molar refractivity (Wildman–Crippen MR) is 82.1 cm³/mol. The molecule has 0 saturated heterocycles. The molecule has 0 radical (unpaired) electrons. The number of nitrogens with zero attached hydrogens (tertiary/aromatic N) is 2. The van der Waals surface area contributed by atoms with E-state index < -0.39 is 6.10 Å². The third kappa shape index (κ3) is 2.89. The first kappa shape index (κ1) is 15.1. The molecule has 1 aromatic heterocycles. The Labute approximate surface area is 125 Å². The van der Waals surface area contributed by atoms with Crippen LogP contribution in [-0.2, 0) is 19.4 Å². The molecule has 0 aliphatic carbocycles. The summed E-state index contributed by atoms with van der Waals surface area (Å²) in [6, 6.07) is 8.00. The molecule has 0 saturated carbocycles. The van der Waals surface area contributed by atoms with Gasteiger partial charge in [-0.15, -0.1) is 0 Å². The Morgan fingerprint density at radius 2 is 2.00 bits per heavy atom. The van der Waals surface area contributed by atoms with E-state index >= 15 is 0 Å². The maximum absolute atomic E-state index is 10.5. The molecule has 4 heteroatoms. The van der Waals surface area contributed by atoms with Crippen molar-refractivity contribution in [3.63, 3.8) is 0 Å². The summed E-state index contributed by atoms with van der Waals surface area (Å²) in [7, 11) is 0. The van der Waals surface area contributed by atoms with Gasteiger partial charge in [0.1, 0.15) is 0 Å². The van der Waals surface area contributed by atoms with E-state index in [1.807, 2.05) is 36.7 Å².